The number of nitrogens with one attached hydrogen (secondary N) is 2. The number of ether oxygens (including phenoxy) is 1. The molecule has 0 saturated carbocycles. The molecule has 0 bridgehead atoms. The van der Waals surface area contributed by atoms with Gasteiger partial charge in [-0.1, -0.05) is 12.1 Å². The zero-order valence-corrected chi connectivity index (χ0v) is 13.9. The molecule has 3 rings (SSSR count). The molecule has 132 valence electrons. The normalized spacial score (nSPS) is 12.6. The molecule has 2 heterocycles. The Hall–Kier alpha value is -1.77. The van der Waals surface area contributed by atoms with Crippen molar-refractivity contribution >= 4 is 30.8 Å². The van der Waals surface area contributed by atoms with Crippen LogP contribution in [0.1, 0.15) is 16.8 Å². The number of halogens is 5. The molecule has 1 aromatic carbocycles. The number of aromatic nitrogens is 2. The lowest BCUT2D eigenvalue weighted by Crippen LogP contribution is -2.17. The maximum Gasteiger partial charge on any atom is 0.573 e. The van der Waals surface area contributed by atoms with Gasteiger partial charge >= 0.3 is 6.36 Å². The molecule has 0 amide bonds. The van der Waals surface area contributed by atoms with Crippen LogP contribution in [0.15, 0.2) is 30.5 Å². The van der Waals surface area contributed by atoms with Crippen molar-refractivity contribution in [2.24, 2.45) is 0 Å². The molecule has 1 aliphatic rings. The van der Waals surface area contributed by atoms with Gasteiger partial charge in [-0.25, -0.2) is 9.97 Å². The van der Waals surface area contributed by atoms with Gasteiger partial charge in [0.15, 0.2) is 0 Å². The van der Waals surface area contributed by atoms with E-state index in [1.807, 2.05) is 0 Å². The van der Waals surface area contributed by atoms with Gasteiger partial charge in [0.2, 0.25) is 5.95 Å². The molecule has 0 radical (unpaired) electrons. The highest BCUT2D eigenvalue weighted by atomic mass is 35.5. The highest BCUT2D eigenvalue weighted by Crippen LogP contribution is 2.23. The summed E-state index contributed by atoms with van der Waals surface area (Å²) in [5.74, 6) is 0.258. The summed E-state index contributed by atoms with van der Waals surface area (Å²) in [5.41, 5.74) is 2.85. The predicted molar refractivity (Wildman–Crippen MR) is 87.5 cm³/mol. The largest absolute Gasteiger partial charge is 0.573 e. The van der Waals surface area contributed by atoms with E-state index in [0.29, 0.717) is 12.5 Å². The first-order valence-electron chi connectivity index (χ1n) is 6.64. The zero-order chi connectivity index (χ0) is 15.6. The third-order valence-electron chi connectivity index (χ3n) is 3.17. The zero-order valence-electron chi connectivity index (χ0n) is 12.3. The van der Waals surface area contributed by atoms with E-state index in [-0.39, 0.29) is 30.6 Å². The smallest absolute Gasteiger partial charge is 0.406 e. The summed E-state index contributed by atoms with van der Waals surface area (Å²) < 4.78 is 40.0. The van der Waals surface area contributed by atoms with E-state index in [2.05, 4.69) is 25.3 Å². The van der Waals surface area contributed by atoms with Crippen LogP contribution in [0.4, 0.5) is 19.1 Å². The quantitative estimate of drug-likeness (QED) is 0.847. The highest BCUT2D eigenvalue weighted by molar-refractivity contribution is 5.85. The molecule has 24 heavy (non-hydrogen) atoms. The Bertz CT molecular complexity index is 668. The molecule has 2 aromatic rings. The number of anilines is 1. The van der Waals surface area contributed by atoms with Crippen LogP contribution in [0.2, 0.25) is 0 Å². The summed E-state index contributed by atoms with van der Waals surface area (Å²) in [4.78, 5) is 8.57. The second-order valence-corrected chi connectivity index (χ2v) is 4.81. The molecule has 1 aliphatic heterocycles. The van der Waals surface area contributed by atoms with Crippen molar-refractivity contribution in [3.63, 3.8) is 0 Å². The second kappa shape index (κ2) is 8.36. The number of alkyl halides is 3. The number of nitrogens with zero attached hydrogens (tertiary/aromatic N) is 2. The first-order chi connectivity index (χ1) is 10.5. The van der Waals surface area contributed by atoms with Gasteiger partial charge in [0.05, 0.1) is 5.69 Å². The van der Waals surface area contributed by atoms with Gasteiger partial charge in [0.25, 0.3) is 0 Å². The minimum atomic E-state index is -4.67. The molecule has 10 heteroatoms. The minimum Gasteiger partial charge on any atom is -0.406 e. The third kappa shape index (κ3) is 5.40. The van der Waals surface area contributed by atoms with Gasteiger partial charge in [0.1, 0.15) is 5.75 Å². The minimum absolute atomic E-state index is 0. The summed E-state index contributed by atoms with van der Waals surface area (Å²) in [5, 5.41) is 6.22. The Kier molecular flexibility index (Phi) is 7.07. The van der Waals surface area contributed by atoms with E-state index in [1.165, 1.54) is 12.1 Å². The summed E-state index contributed by atoms with van der Waals surface area (Å²) >= 11 is 0. The van der Waals surface area contributed by atoms with Crippen LogP contribution in [0.3, 0.4) is 0 Å². The monoisotopic (exact) mass is 382 g/mol. The van der Waals surface area contributed by atoms with Crippen molar-refractivity contribution in [1.82, 2.24) is 15.3 Å². The average molecular weight is 383 g/mol. The van der Waals surface area contributed by atoms with Crippen LogP contribution in [0, 0.1) is 0 Å². The molecular formula is C14H15Cl2F3N4O. The first kappa shape index (κ1) is 20.3. The van der Waals surface area contributed by atoms with Gasteiger partial charge < -0.3 is 15.4 Å². The van der Waals surface area contributed by atoms with Crippen molar-refractivity contribution in [2.75, 3.05) is 5.32 Å². The number of fused-ring (bicyclic) bond motifs is 1. The topological polar surface area (TPSA) is 59.1 Å². The number of hydrogen-bond donors (Lipinski definition) is 2. The van der Waals surface area contributed by atoms with Crippen LogP contribution < -0.4 is 15.4 Å². The van der Waals surface area contributed by atoms with Gasteiger partial charge in [-0.3, -0.25) is 0 Å². The average Bonchev–Trinajstić information content (AvgIpc) is 2.92. The summed E-state index contributed by atoms with van der Waals surface area (Å²) in [7, 11) is 0. The number of rotatable bonds is 4. The molecule has 0 fully saturated rings. The summed E-state index contributed by atoms with van der Waals surface area (Å²) in [6.07, 6.45) is -2.91. The van der Waals surface area contributed by atoms with Crippen molar-refractivity contribution in [3.05, 3.63) is 47.3 Å². The maximum atomic E-state index is 12.1. The lowest BCUT2D eigenvalue weighted by Gasteiger charge is -2.10. The number of benzene rings is 1. The third-order valence-corrected chi connectivity index (χ3v) is 3.17. The highest BCUT2D eigenvalue weighted by Gasteiger charge is 2.30. The molecule has 0 spiro atoms. The molecule has 0 aliphatic carbocycles. The van der Waals surface area contributed by atoms with Crippen molar-refractivity contribution in [1.29, 1.82) is 0 Å². The van der Waals surface area contributed by atoms with Crippen molar-refractivity contribution in [3.8, 4) is 5.75 Å². The first-order valence-corrected chi connectivity index (χ1v) is 6.64. The van der Waals surface area contributed by atoms with Crippen molar-refractivity contribution < 1.29 is 17.9 Å². The Balaban J connectivity index is 0.00000144. The molecule has 1 aromatic heterocycles. The maximum absolute atomic E-state index is 12.1. The standard InChI is InChI=1S/C14H13F3N4O.2ClH/c15-14(16,17)22-11-3-1-9(2-4-11)5-19-13-20-7-10-6-18-8-12(10)21-13;;/h1-4,7,18H,5-6,8H2,(H,19,20,21);2*1H. The van der Waals surface area contributed by atoms with Gasteiger partial charge in [-0.05, 0) is 17.7 Å². The van der Waals surface area contributed by atoms with Crippen LogP contribution >= 0.6 is 24.8 Å². The van der Waals surface area contributed by atoms with E-state index in [1.54, 1.807) is 18.3 Å². The molecule has 0 atom stereocenters. The summed E-state index contributed by atoms with van der Waals surface area (Å²) in [6.45, 7) is 1.91. The van der Waals surface area contributed by atoms with Gasteiger partial charge in [0, 0.05) is 31.4 Å². The lowest BCUT2D eigenvalue weighted by atomic mass is 10.2. The Morgan fingerprint density at radius 3 is 2.50 bits per heavy atom. The van der Waals surface area contributed by atoms with Crippen LogP contribution in [-0.4, -0.2) is 16.3 Å². The molecule has 2 N–H and O–H groups in total. The van der Waals surface area contributed by atoms with E-state index in [4.69, 9.17) is 0 Å². The van der Waals surface area contributed by atoms with Crippen LogP contribution in [0.5, 0.6) is 5.75 Å². The Morgan fingerprint density at radius 1 is 1.12 bits per heavy atom. The Morgan fingerprint density at radius 2 is 1.83 bits per heavy atom. The molecule has 0 unspecified atom stereocenters. The fourth-order valence-electron chi connectivity index (χ4n) is 2.13. The molecule has 0 saturated heterocycles. The predicted octanol–water partition coefficient (Wildman–Crippen LogP) is 3.43. The number of hydrogen-bond acceptors (Lipinski definition) is 5. The van der Waals surface area contributed by atoms with Gasteiger partial charge in [-0.15, -0.1) is 38.0 Å². The fraction of sp³-hybridized carbons (Fsp3) is 0.286. The fourth-order valence-corrected chi connectivity index (χ4v) is 2.13. The van der Waals surface area contributed by atoms with Crippen molar-refractivity contribution in [2.45, 2.75) is 26.0 Å². The van der Waals surface area contributed by atoms with E-state index >= 15 is 0 Å². The lowest BCUT2D eigenvalue weighted by molar-refractivity contribution is -0.274. The SMILES string of the molecule is Cl.Cl.FC(F)(F)Oc1ccc(CNc2ncc3c(n2)CNC3)cc1. The molecule has 5 nitrogen and oxygen atoms in total. The van der Waals surface area contributed by atoms with E-state index in [9.17, 15) is 13.2 Å². The van der Waals surface area contributed by atoms with Gasteiger partial charge in [-0.2, -0.15) is 0 Å². The Labute approximate surface area is 148 Å². The molecular weight excluding hydrogens is 368 g/mol. The summed E-state index contributed by atoms with van der Waals surface area (Å²) in [6, 6.07) is 5.67. The van der Waals surface area contributed by atoms with E-state index in [0.717, 1.165) is 29.9 Å². The second-order valence-electron chi connectivity index (χ2n) is 4.81. The van der Waals surface area contributed by atoms with Crippen LogP contribution in [-0.2, 0) is 19.6 Å². The van der Waals surface area contributed by atoms with Crippen LogP contribution in [0.25, 0.3) is 0 Å². The van der Waals surface area contributed by atoms with E-state index < -0.39 is 6.36 Å².